The smallest absolute Gasteiger partial charge is 0.343 e. The third kappa shape index (κ3) is 4.09. The second kappa shape index (κ2) is 9.20. The average molecular weight is 530 g/mol. The van der Waals surface area contributed by atoms with Crippen molar-refractivity contribution in [3.63, 3.8) is 0 Å². The number of rotatable bonds is 6. The highest BCUT2D eigenvalue weighted by atomic mass is 19.3. The first-order chi connectivity index (χ1) is 17.3. The number of benzene rings is 2. The number of carbonyl (C=O) groups excluding carboxylic acids is 1. The first-order valence-corrected chi connectivity index (χ1v) is 11.3. The Morgan fingerprint density at radius 2 is 1.41 bits per heavy atom. The Bertz CT molecular complexity index is 1330. The standard InChI is InChI=1S/C26H21F7O4/c1-4-35-16-8-6-14-15-7-9-17(22(29)20(15)26(32,33)25(30,31)19(14)21(16)28)37-23(34)13-10-11-24(3,36-5-2)18(27)12-13/h6-10,12H,4-5,11H2,1-3H3. The van der Waals surface area contributed by atoms with E-state index in [1.165, 1.54) is 19.9 Å². The molecule has 2 aliphatic rings. The van der Waals surface area contributed by atoms with E-state index in [1.54, 1.807) is 6.92 Å². The Morgan fingerprint density at radius 1 is 0.865 bits per heavy atom. The van der Waals surface area contributed by atoms with Crippen molar-refractivity contribution in [1.29, 1.82) is 0 Å². The summed E-state index contributed by atoms with van der Waals surface area (Å²) in [7, 11) is 0. The Hall–Kier alpha value is -3.34. The number of carbonyl (C=O) groups is 1. The summed E-state index contributed by atoms with van der Waals surface area (Å²) in [6.07, 6.45) is 1.99. The van der Waals surface area contributed by atoms with Gasteiger partial charge in [0.1, 0.15) is 11.4 Å². The maximum Gasteiger partial charge on any atom is 0.343 e. The van der Waals surface area contributed by atoms with E-state index in [0.29, 0.717) is 0 Å². The van der Waals surface area contributed by atoms with Gasteiger partial charge in [-0.3, -0.25) is 0 Å². The molecule has 0 saturated carbocycles. The topological polar surface area (TPSA) is 44.8 Å². The molecule has 4 rings (SSSR count). The number of fused-ring (bicyclic) bond motifs is 3. The lowest BCUT2D eigenvalue weighted by Crippen LogP contribution is -2.41. The largest absolute Gasteiger partial charge is 0.491 e. The van der Waals surface area contributed by atoms with E-state index < -0.39 is 74.6 Å². The van der Waals surface area contributed by atoms with E-state index in [2.05, 4.69) is 0 Å². The molecule has 0 N–H and O–H groups in total. The van der Waals surface area contributed by atoms with E-state index >= 15 is 13.2 Å². The van der Waals surface area contributed by atoms with Crippen LogP contribution in [0.25, 0.3) is 11.1 Å². The Kier molecular flexibility index (Phi) is 6.64. The van der Waals surface area contributed by atoms with E-state index in [0.717, 1.165) is 30.3 Å². The molecule has 0 spiro atoms. The minimum atomic E-state index is -5.22. The molecule has 0 fully saturated rings. The van der Waals surface area contributed by atoms with Gasteiger partial charge in [-0.25, -0.2) is 18.0 Å². The average Bonchev–Trinajstić information content (AvgIpc) is 2.82. The summed E-state index contributed by atoms with van der Waals surface area (Å²) in [5, 5.41) is 0. The fourth-order valence-corrected chi connectivity index (χ4v) is 4.33. The molecular formula is C26H21F7O4. The van der Waals surface area contributed by atoms with E-state index in [-0.39, 0.29) is 25.2 Å². The zero-order valence-corrected chi connectivity index (χ0v) is 19.9. The quantitative estimate of drug-likeness (QED) is 0.227. The fourth-order valence-electron chi connectivity index (χ4n) is 4.33. The number of alkyl halides is 4. The van der Waals surface area contributed by atoms with Crippen LogP contribution in [0.3, 0.4) is 0 Å². The molecule has 2 aromatic carbocycles. The first kappa shape index (κ1) is 26.7. The number of ether oxygens (including phenoxy) is 3. The van der Waals surface area contributed by atoms with Crippen LogP contribution in [-0.4, -0.2) is 24.8 Å². The summed E-state index contributed by atoms with van der Waals surface area (Å²) < 4.78 is 120. The molecule has 2 aromatic rings. The lowest BCUT2D eigenvalue weighted by molar-refractivity contribution is -0.228. The summed E-state index contributed by atoms with van der Waals surface area (Å²) in [6, 6.07) is 3.49. The molecule has 198 valence electrons. The van der Waals surface area contributed by atoms with Gasteiger partial charge in [0, 0.05) is 13.0 Å². The van der Waals surface area contributed by atoms with E-state index in [1.807, 2.05) is 0 Å². The third-order valence-electron chi connectivity index (χ3n) is 6.23. The zero-order valence-electron chi connectivity index (χ0n) is 19.9. The predicted molar refractivity (Wildman–Crippen MR) is 118 cm³/mol. The minimum absolute atomic E-state index is 0.0728. The van der Waals surface area contributed by atoms with E-state index in [9.17, 15) is 22.4 Å². The molecule has 0 bridgehead atoms. The van der Waals surface area contributed by atoms with Crippen LogP contribution in [0.2, 0.25) is 0 Å². The summed E-state index contributed by atoms with van der Waals surface area (Å²) >= 11 is 0. The molecule has 0 heterocycles. The highest BCUT2D eigenvalue weighted by Crippen LogP contribution is 2.60. The second-order valence-corrected chi connectivity index (χ2v) is 8.59. The second-order valence-electron chi connectivity index (χ2n) is 8.59. The summed E-state index contributed by atoms with van der Waals surface area (Å²) in [4.78, 5) is 12.5. The van der Waals surface area contributed by atoms with Crippen LogP contribution in [-0.2, 0) is 21.4 Å². The van der Waals surface area contributed by atoms with Crippen molar-refractivity contribution >= 4 is 5.97 Å². The van der Waals surface area contributed by atoms with Crippen molar-refractivity contribution in [2.45, 2.75) is 44.6 Å². The third-order valence-corrected chi connectivity index (χ3v) is 6.23. The van der Waals surface area contributed by atoms with Crippen LogP contribution in [0.4, 0.5) is 30.7 Å². The number of hydrogen-bond donors (Lipinski definition) is 0. The Labute approximate surface area is 207 Å². The highest BCUT2D eigenvalue weighted by Gasteiger charge is 2.65. The van der Waals surface area contributed by atoms with Gasteiger partial charge in [0.15, 0.2) is 23.1 Å². The molecule has 0 amide bonds. The van der Waals surface area contributed by atoms with Crippen LogP contribution in [0.1, 0.15) is 38.3 Å². The molecular weight excluding hydrogens is 509 g/mol. The van der Waals surface area contributed by atoms with Crippen molar-refractivity contribution in [3.05, 3.63) is 70.6 Å². The Balaban J connectivity index is 1.75. The fraction of sp³-hybridized carbons (Fsp3) is 0.346. The van der Waals surface area contributed by atoms with Crippen LogP contribution < -0.4 is 9.47 Å². The van der Waals surface area contributed by atoms with Crippen LogP contribution in [0.5, 0.6) is 11.5 Å². The molecule has 11 heteroatoms. The molecule has 4 nitrogen and oxygen atoms in total. The van der Waals surface area contributed by atoms with Crippen molar-refractivity contribution in [1.82, 2.24) is 0 Å². The molecule has 1 atom stereocenters. The van der Waals surface area contributed by atoms with Gasteiger partial charge in [-0.2, -0.15) is 17.6 Å². The molecule has 0 aliphatic heterocycles. The summed E-state index contributed by atoms with van der Waals surface area (Å²) in [5.74, 6) is -17.9. The van der Waals surface area contributed by atoms with Crippen molar-refractivity contribution in [2.24, 2.45) is 0 Å². The normalized spacial score (nSPS) is 21.4. The van der Waals surface area contributed by atoms with Crippen molar-refractivity contribution < 1.29 is 49.7 Å². The summed E-state index contributed by atoms with van der Waals surface area (Å²) in [5.41, 5.74) is -6.44. The van der Waals surface area contributed by atoms with Crippen LogP contribution in [0.15, 0.2) is 47.8 Å². The van der Waals surface area contributed by atoms with Crippen LogP contribution in [0, 0.1) is 11.6 Å². The SMILES string of the molecule is CCOc1ccc2c(c1F)C(F)(F)C(F)(F)c1c-2ccc(OC(=O)C2=CCC(C)(OCC)C(F)=C2)c1F. The van der Waals surface area contributed by atoms with Gasteiger partial charge >= 0.3 is 17.8 Å². The molecule has 1 unspecified atom stereocenters. The van der Waals surface area contributed by atoms with Crippen molar-refractivity contribution in [3.8, 4) is 22.6 Å². The van der Waals surface area contributed by atoms with Crippen molar-refractivity contribution in [2.75, 3.05) is 13.2 Å². The molecule has 0 radical (unpaired) electrons. The molecule has 0 aromatic heterocycles. The minimum Gasteiger partial charge on any atom is -0.491 e. The lowest BCUT2D eigenvalue weighted by atomic mass is 9.79. The zero-order chi connectivity index (χ0) is 27.3. The highest BCUT2D eigenvalue weighted by molar-refractivity contribution is 5.94. The van der Waals surface area contributed by atoms with Crippen LogP contribution >= 0.6 is 0 Å². The van der Waals surface area contributed by atoms with Gasteiger partial charge in [-0.05, 0) is 62.2 Å². The number of halogens is 7. The number of hydrogen-bond acceptors (Lipinski definition) is 4. The maximum absolute atomic E-state index is 15.3. The van der Waals surface area contributed by atoms with E-state index in [4.69, 9.17) is 14.2 Å². The summed E-state index contributed by atoms with van der Waals surface area (Å²) in [6.45, 7) is 4.62. The van der Waals surface area contributed by atoms with Gasteiger partial charge < -0.3 is 14.2 Å². The first-order valence-electron chi connectivity index (χ1n) is 11.3. The molecule has 0 saturated heterocycles. The van der Waals surface area contributed by atoms with Gasteiger partial charge in [0.2, 0.25) is 0 Å². The molecule has 2 aliphatic carbocycles. The van der Waals surface area contributed by atoms with Gasteiger partial charge in [-0.1, -0.05) is 6.08 Å². The monoisotopic (exact) mass is 530 g/mol. The number of esters is 1. The van der Waals surface area contributed by atoms with Gasteiger partial charge in [0.25, 0.3) is 0 Å². The van der Waals surface area contributed by atoms with Gasteiger partial charge in [-0.15, -0.1) is 0 Å². The Morgan fingerprint density at radius 3 is 1.92 bits per heavy atom. The predicted octanol–water partition coefficient (Wildman–Crippen LogP) is 7.11. The maximum atomic E-state index is 15.3. The van der Waals surface area contributed by atoms with Gasteiger partial charge in [0.05, 0.1) is 23.3 Å². The molecule has 37 heavy (non-hydrogen) atoms. The lowest BCUT2D eigenvalue weighted by Gasteiger charge is -2.35.